The van der Waals surface area contributed by atoms with Gasteiger partial charge in [-0.3, -0.25) is 9.59 Å². The number of para-hydroxylation sites is 1. The van der Waals surface area contributed by atoms with E-state index in [9.17, 15) is 14.4 Å². The monoisotopic (exact) mass is 288 g/mol. The number of carboxylic acids is 1. The minimum Gasteiger partial charge on any atom is -0.480 e. The maximum Gasteiger partial charge on any atom is 0.326 e. The van der Waals surface area contributed by atoms with E-state index >= 15 is 0 Å². The number of aromatic nitrogens is 1. The van der Waals surface area contributed by atoms with Crippen LogP contribution >= 0.6 is 0 Å². The van der Waals surface area contributed by atoms with E-state index in [2.05, 4.69) is 5.32 Å². The Morgan fingerprint density at radius 3 is 2.62 bits per heavy atom. The van der Waals surface area contributed by atoms with Crippen LogP contribution in [0.4, 0.5) is 0 Å². The summed E-state index contributed by atoms with van der Waals surface area (Å²) in [5.41, 5.74) is 0.495. The topological polar surface area (TPSA) is 88.4 Å². The highest BCUT2D eigenvalue weighted by Gasteiger charge is 2.20. The lowest BCUT2D eigenvalue weighted by Crippen LogP contribution is -2.40. The van der Waals surface area contributed by atoms with Crippen molar-refractivity contribution in [1.82, 2.24) is 9.88 Å². The maximum atomic E-state index is 12.3. The lowest BCUT2D eigenvalue weighted by atomic mass is 10.1. The lowest BCUT2D eigenvalue weighted by Gasteiger charge is -2.14. The van der Waals surface area contributed by atoms with E-state index in [-0.39, 0.29) is 17.5 Å². The number of hydrogen-bond acceptors (Lipinski definition) is 3. The van der Waals surface area contributed by atoms with Crippen LogP contribution in [-0.2, 0) is 11.8 Å². The third-order valence-electron chi connectivity index (χ3n) is 3.41. The first-order valence-corrected chi connectivity index (χ1v) is 6.58. The van der Waals surface area contributed by atoms with Gasteiger partial charge in [0.05, 0.1) is 11.1 Å². The van der Waals surface area contributed by atoms with E-state index in [1.54, 1.807) is 38.2 Å². The molecule has 1 heterocycles. The predicted octanol–water partition coefficient (Wildman–Crippen LogP) is 1.13. The number of rotatable bonds is 4. The fourth-order valence-electron chi connectivity index (χ4n) is 2.17. The molecule has 0 aliphatic heterocycles. The number of benzene rings is 1. The molecule has 0 spiro atoms. The number of hydrogen-bond donors (Lipinski definition) is 2. The number of nitrogens with one attached hydrogen (secondary N) is 1. The van der Waals surface area contributed by atoms with Crippen molar-refractivity contribution in [1.29, 1.82) is 0 Å². The maximum absolute atomic E-state index is 12.3. The van der Waals surface area contributed by atoms with Crippen molar-refractivity contribution < 1.29 is 14.7 Å². The third-order valence-corrected chi connectivity index (χ3v) is 3.41. The van der Waals surface area contributed by atoms with Crippen LogP contribution in [0.2, 0.25) is 0 Å². The summed E-state index contributed by atoms with van der Waals surface area (Å²) < 4.78 is 1.45. The highest BCUT2D eigenvalue weighted by molar-refractivity contribution is 6.07. The molecular weight excluding hydrogens is 272 g/mol. The Labute approximate surface area is 121 Å². The molecule has 0 fully saturated rings. The average molecular weight is 288 g/mol. The van der Waals surface area contributed by atoms with Gasteiger partial charge in [0.25, 0.3) is 11.5 Å². The molecule has 1 aromatic heterocycles. The van der Waals surface area contributed by atoms with Crippen molar-refractivity contribution in [3.8, 4) is 0 Å². The zero-order valence-electron chi connectivity index (χ0n) is 11.8. The van der Waals surface area contributed by atoms with E-state index in [0.717, 1.165) is 0 Å². The molecule has 1 aromatic carbocycles. The van der Waals surface area contributed by atoms with Crippen molar-refractivity contribution in [2.24, 2.45) is 7.05 Å². The van der Waals surface area contributed by atoms with Gasteiger partial charge in [-0.15, -0.1) is 0 Å². The largest absolute Gasteiger partial charge is 0.480 e. The Morgan fingerprint density at radius 1 is 1.33 bits per heavy atom. The van der Waals surface area contributed by atoms with Gasteiger partial charge in [0, 0.05) is 18.5 Å². The first-order chi connectivity index (χ1) is 9.95. The summed E-state index contributed by atoms with van der Waals surface area (Å²) in [6.07, 6.45) is 0.268. The number of nitrogens with zero attached hydrogens (tertiary/aromatic N) is 1. The summed E-state index contributed by atoms with van der Waals surface area (Å²) in [5.74, 6) is -1.66. The minimum atomic E-state index is -1.10. The number of pyridine rings is 1. The summed E-state index contributed by atoms with van der Waals surface area (Å²) in [7, 11) is 1.62. The number of carboxylic acid groups (broad SMARTS) is 1. The molecule has 0 radical (unpaired) electrons. The van der Waals surface area contributed by atoms with Gasteiger partial charge in [-0.1, -0.05) is 25.1 Å². The van der Waals surface area contributed by atoms with Gasteiger partial charge < -0.3 is 15.0 Å². The molecule has 6 nitrogen and oxygen atoms in total. The van der Waals surface area contributed by atoms with Crippen LogP contribution in [0.15, 0.2) is 35.1 Å². The fourth-order valence-corrected chi connectivity index (χ4v) is 2.17. The number of carbonyl (C=O) groups excluding carboxylic acids is 1. The molecule has 1 amide bonds. The first-order valence-electron chi connectivity index (χ1n) is 6.58. The zero-order valence-corrected chi connectivity index (χ0v) is 11.8. The van der Waals surface area contributed by atoms with Crippen LogP contribution in [-0.4, -0.2) is 27.6 Å². The Balaban J connectivity index is 2.52. The molecule has 21 heavy (non-hydrogen) atoms. The van der Waals surface area contributed by atoms with Crippen molar-refractivity contribution in [2.45, 2.75) is 19.4 Å². The van der Waals surface area contributed by atoms with Crippen molar-refractivity contribution in [3.63, 3.8) is 0 Å². The predicted molar refractivity (Wildman–Crippen MR) is 78.4 cm³/mol. The van der Waals surface area contributed by atoms with E-state index in [4.69, 9.17) is 5.11 Å². The molecule has 2 N–H and O–H groups in total. The van der Waals surface area contributed by atoms with Gasteiger partial charge in [0.15, 0.2) is 0 Å². The second-order valence-corrected chi connectivity index (χ2v) is 4.74. The summed E-state index contributed by atoms with van der Waals surface area (Å²) in [5, 5.41) is 12.0. The number of aryl methyl sites for hydroxylation is 1. The van der Waals surface area contributed by atoms with Crippen molar-refractivity contribution >= 4 is 22.8 Å². The van der Waals surface area contributed by atoms with Gasteiger partial charge in [0.1, 0.15) is 6.04 Å². The molecule has 0 bridgehead atoms. The summed E-state index contributed by atoms with van der Waals surface area (Å²) in [4.78, 5) is 35.2. The SMILES string of the molecule is CCC(NC(=O)c1cc(=O)n(C)c2ccccc12)C(=O)O. The Kier molecular flexibility index (Phi) is 4.07. The minimum absolute atomic E-state index is 0.188. The summed E-state index contributed by atoms with van der Waals surface area (Å²) in [6, 6.07) is 7.26. The van der Waals surface area contributed by atoms with Crippen LogP contribution < -0.4 is 10.9 Å². The molecule has 110 valence electrons. The van der Waals surface area contributed by atoms with E-state index in [0.29, 0.717) is 10.9 Å². The molecule has 0 aliphatic rings. The number of carbonyl (C=O) groups is 2. The number of amides is 1. The molecule has 2 aromatic rings. The quantitative estimate of drug-likeness (QED) is 0.882. The van der Waals surface area contributed by atoms with Crippen LogP contribution in [0.3, 0.4) is 0 Å². The number of aliphatic carboxylic acids is 1. The van der Waals surface area contributed by atoms with Crippen LogP contribution in [0.1, 0.15) is 23.7 Å². The van der Waals surface area contributed by atoms with Gasteiger partial charge in [-0.25, -0.2) is 4.79 Å². The highest BCUT2D eigenvalue weighted by atomic mass is 16.4. The second kappa shape index (κ2) is 5.78. The molecule has 2 rings (SSSR count). The van der Waals surface area contributed by atoms with E-state index in [1.807, 2.05) is 0 Å². The standard InChI is InChI=1S/C15H16N2O4/c1-3-11(15(20)21)16-14(19)10-8-13(18)17(2)12-7-5-4-6-9(10)12/h4-8,11H,3H2,1-2H3,(H,16,19)(H,20,21). The smallest absolute Gasteiger partial charge is 0.326 e. The first kappa shape index (κ1) is 14.8. The Bertz CT molecular complexity index is 764. The summed E-state index contributed by atoms with van der Waals surface area (Å²) in [6.45, 7) is 1.67. The van der Waals surface area contributed by atoms with Crippen molar-refractivity contribution in [2.75, 3.05) is 0 Å². The molecule has 6 heteroatoms. The Morgan fingerprint density at radius 2 is 2.00 bits per heavy atom. The van der Waals surface area contributed by atoms with Gasteiger partial charge in [-0.05, 0) is 12.5 Å². The third kappa shape index (κ3) is 2.79. The van der Waals surface area contributed by atoms with Crippen molar-refractivity contribution in [3.05, 3.63) is 46.2 Å². The molecule has 0 saturated carbocycles. The van der Waals surface area contributed by atoms with Gasteiger partial charge in [-0.2, -0.15) is 0 Å². The number of fused-ring (bicyclic) bond motifs is 1. The lowest BCUT2D eigenvalue weighted by molar-refractivity contribution is -0.139. The molecule has 0 saturated heterocycles. The zero-order chi connectivity index (χ0) is 15.6. The normalized spacial score (nSPS) is 12.1. The van der Waals surface area contributed by atoms with Crippen LogP contribution in [0.5, 0.6) is 0 Å². The highest BCUT2D eigenvalue weighted by Crippen LogP contribution is 2.16. The van der Waals surface area contributed by atoms with Gasteiger partial charge >= 0.3 is 5.97 Å². The second-order valence-electron chi connectivity index (χ2n) is 4.74. The van der Waals surface area contributed by atoms with Gasteiger partial charge in [0.2, 0.25) is 0 Å². The van der Waals surface area contributed by atoms with E-state index < -0.39 is 17.9 Å². The molecule has 1 atom stereocenters. The molecule has 0 aliphatic carbocycles. The summed E-state index contributed by atoms with van der Waals surface area (Å²) >= 11 is 0. The van der Waals surface area contributed by atoms with Crippen LogP contribution in [0.25, 0.3) is 10.9 Å². The fraction of sp³-hybridized carbons (Fsp3) is 0.267. The van der Waals surface area contributed by atoms with Crippen LogP contribution in [0, 0.1) is 0 Å². The van der Waals surface area contributed by atoms with E-state index in [1.165, 1.54) is 10.6 Å². The average Bonchev–Trinajstić information content (AvgIpc) is 2.47. The molecule has 1 unspecified atom stereocenters. The Hall–Kier alpha value is -2.63. The molecular formula is C15H16N2O4.